The minimum atomic E-state index is -1.67. The van der Waals surface area contributed by atoms with E-state index in [1.54, 1.807) is 0 Å². The number of nitrogens with one attached hydrogen (secondary N) is 1. The monoisotopic (exact) mass is 458 g/mol. The number of fused-ring (bicyclic) bond motifs is 1. The Hall–Kier alpha value is -2.88. The maximum Gasteiger partial charge on any atom is 0.351 e. The minimum absolute atomic E-state index is 0.0553. The van der Waals surface area contributed by atoms with Crippen molar-refractivity contribution in [2.45, 2.75) is 24.9 Å². The molecule has 1 aliphatic heterocycles. The molecule has 3 aromatic rings. The Morgan fingerprint density at radius 2 is 2.09 bits per heavy atom. The molecule has 0 saturated carbocycles. The van der Waals surface area contributed by atoms with Crippen LogP contribution in [-0.4, -0.2) is 46.3 Å². The van der Waals surface area contributed by atoms with Crippen LogP contribution in [0.2, 0.25) is 0 Å². The van der Waals surface area contributed by atoms with E-state index in [2.05, 4.69) is 10.1 Å². The number of aliphatic hydroxyl groups is 1. The average Bonchev–Trinajstić information content (AvgIpc) is 3.16. The highest BCUT2D eigenvalue weighted by molar-refractivity contribution is 7.45. The fourth-order valence-corrected chi connectivity index (χ4v) is 4.51. The molecule has 0 aliphatic carbocycles. The Bertz CT molecular complexity index is 1140. The molecule has 32 heavy (non-hydrogen) atoms. The number of nitrogens with zero attached hydrogens (tertiary/aromatic N) is 2. The number of anilines is 1. The van der Waals surface area contributed by atoms with E-state index in [4.69, 9.17) is 19.5 Å². The van der Waals surface area contributed by atoms with E-state index < -0.39 is 32.7 Å². The van der Waals surface area contributed by atoms with E-state index in [9.17, 15) is 14.7 Å². The molecule has 11 heteroatoms. The van der Waals surface area contributed by atoms with E-state index in [0.717, 1.165) is 17.1 Å². The van der Waals surface area contributed by atoms with E-state index >= 15 is 0 Å². The molecule has 10 nitrogen and oxygen atoms in total. The van der Waals surface area contributed by atoms with Gasteiger partial charge in [0, 0.05) is 18.0 Å². The number of hydrogen-bond donors (Lipinski definition) is 3. The first kappa shape index (κ1) is 22.3. The fraction of sp³-hybridized carbons (Fsp3) is 0.286. The van der Waals surface area contributed by atoms with Crippen molar-refractivity contribution < 1.29 is 23.7 Å². The second-order valence-corrected chi connectivity index (χ2v) is 8.42. The highest BCUT2D eigenvalue weighted by atomic mass is 31.2. The number of nitrogens with two attached hydrogens (primary N) is 1. The highest BCUT2D eigenvalue weighted by Crippen LogP contribution is 2.40. The number of carbonyl (C=O) groups excluding carboxylic acids is 1. The topological polar surface area (TPSA) is 138 Å². The normalized spacial score (nSPS) is 21.5. The fourth-order valence-electron chi connectivity index (χ4n) is 3.44. The van der Waals surface area contributed by atoms with Crippen LogP contribution in [0.4, 0.5) is 5.82 Å². The summed E-state index contributed by atoms with van der Waals surface area (Å²) in [5, 5.41) is 15.2. The predicted molar refractivity (Wildman–Crippen MR) is 119 cm³/mol. The Morgan fingerprint density at radius 3 is 2.91 bits per heavy atom. The zero-order valence-electron chi connectivity index (χ0n) is 17.0. The summed E-state index contributed by atoms with van der Waals surface area (Å²) in [6.45, 7) is 0.146. The molecule has 168 valence electrons. The van der Waals surface area contributed by atoms with E-state index in [1.165, 1.54) is 16.8 Å². The largest absolute Gasteiger partial charge is 0.435 e. The maximum absolute atomic E-state index is 12.1. The molecule has 0 radical (unpaired) electrons. The second-order valence-electron chi connectivity index (χ2n) is 7.14. The molecule has 1 aromatic heterocycles. The first-order valence-electron chi connectivity index (χ1n) is 9.99. The van der Waals surface area contributed by atoms with Gasteiger partial charge in [-0.25, -0.2) is 9.88 Å². The molecule has 1 saturated heterocycles. The third kappa shape index (κ3) is 5.12. The van der Waals surface area contributed by atoms with Crippen LogP contribution in [0.1, 0.15) is 12.6 Å². The van der Waals surface area contributed by atoms with Crippen molar-refractivity contribution in [3.8, 4) is 5.75 Å². The minimum Gasteiger partial charge on any atom is -0.435 e. The van der Waals surface area contributed by atoms with Gasteiger partial charge in [0.1, 0.15) is 24.0 Å². The van der Waals surface area contributed by atoms with Gasteiger partial charge in [-0.15, -0.1) is 0 Å². The number of benzene rings is 2. The van der Waals surface area contributed by atoms with Crippen LogP contribution in [0.3, 0.4) is 0 Å². The lowest BCUT2D eigenvalue weighted by molar-refractivity contribution is -0.106. The molecule has 1 aliphatic rings. The maximum atomic E-state index is 12.1. The number of hydrogen-bond acceptors (Lipinski definition) is 9. The molecule has 0 amide bonds. The quantitative estimate of drug-likeness (QED) is 0.323. The van der Waals surface area contributed by atoms with E-state index in [1.807, 2.05) is 42.5 Å². The molecule has 4 rings (SSSR count). The van der Waals surface area contributed by atoms with Crippen molar-refractivity contribution in [1.82, 2.24) is 14.6 Å². The Kier molecular flexibility index (Phi) is 7.09. The number of ether oxygens (including phenoxy) is 1. The molecule has 2 heterocycles. The summed E-state index contributed by atoms with van der Waals surface area (Å²) in [7, 11) is -1.67. The van der Waals surface area contributed by atoms with Crippen molar-refractivity contribution in [3.05, 3.63) is 65.2 Å². The van der Waals surface area contributed by atoms with E-state index in [0.29, 0.717) is 5.75 Å². The lowest BCUT2D eigenvalue weighted by Gasteiger charge is -2.21. The number of aldehydes is 1. The first-order valence-corrected chi connectivity index (χ1v) is 11.2. The van der Waals surface area contributed by atoms with Gasteiger partial charge in [-0.05, 0) is 17.5 Å². The van der Waals surface area contributed by atoms with Crippen LogP contribution in [0.15, 0.2) is 59.5 Å². The molecular formula is C21H23N4O6P. The third-order valence-electron chi connectivity index (χ3n) is 4.90. The van der Waals surface area contributed by atoms with Crippen molar-refractivity contribution in [3.63, 3.8) is 0 Å². The number of aromatic nitrogens is 2. The number of nitrogen functional groups attached to an aromatic ring is 1. The number of aliphatic hydroxyl groups excluding tert-OH is 1. The molecule has 0 bridgehead atoms. The zero-order valence-corrected chi connectivity index (χ0v) is 17.9. The number of rotatable bonds is 9. The van der Waals surface area contributed by atoms with Crippen molar-refractivity contribution in [1.29, 1.82) is 0 Å². The molecule has 4 N–H and O–H groups in total. The zero-order chi connectivity index (χ0) is 22.5. The predicted octanol–water partition coefficient (Wildman–Crippen LogP) is 1.74. The lowest BCUT2D eigenvalue weighted by atomic mass is 10.1. The van der Waals surface area contributed by atoms with Crippen LogP contribution >= 0.6 is 8.53 Å². The van der Waals surface area contributed by atoms with Gasteiger partial charge >= 0.3 is 14.2 Å². The molecular weight excluding hydrogens is 435 g/mol. The van der Waals surface area contributed by atoms with Gasteiger partial charge in [0.15, 0.2) is 6.23 Å². The van der Waals surface area contributed by atoms with Gasteiger partial charge in [0.25, 0.3) is 0 Å². The molecule has 4 atom stereocenters. The average molecular weight is 458 g/mol. The van der Waals surface area contributed by atoms with Gasteiger partial charge in [0.05, 0.1) is 19.3 Å². The molecule has 2 aromatic carbocycles. The summed E-state index contributed by atoms with van der Waals surface area (Å²) >= 11 is 0. The van der Waals surface area contributed by atoms with Crippen LogP contribution in [-0.2, 0) is 14.1 Å². The van der Waals surface area contributed by atoms with Crippen LogP contribution in [0.5, 0.6) is 5.75 Å². The third-order valence-corrected chi connectivity index (χ3v) is 6.09. The molecule has 4 unspecified atom stereocenters. The van der Waals surface area contributed by atoms with E-state index in [-0.39, 0.29) is 25.4 Å². The SMILES string of the molecule is Nc1ccn(C2OC(COP(NCC=O)Oc3cccc4ccccc34)CC2O)c(=O)n1. The van der Waals surface area contributed by atoms with Crippen LogP contribution in [0, 0.1) is 0 Å². The van der Waals surface area contributed by atoms with Crippen LogP contribution < -0.4 is 21.0 Å². The summed E-state index contributed by atoms with van der Waals surface area (Å²) in [5.41, 5.74) is 4.91. The Morgan fingerprint density at radius 1 is 1.28 bits per heavy atom. The summed E-state index contributed by atoms with van der Waals surface area (Å²) in [5.74, 6) is 0.716. The first-order chi connectivity index (χ1) is 15.5. The van der Waals surface area contributed by atoms with Crippen LogP contribution in [0.25, 0.3) is 10.8 Å². The smallest absolute Gasteiger partial charge is 0.351 e. The number of carbonyl (C=O) groups is 1. The summed E-state index contributed by atoms with van der Waals surface area (Å²) in [6.07, 6.45) is 0.115. The highest BCUT2D eigenvalue weighted by Gasteiger charge is 2.36. The van der Waals surface area contributed by atoms with Gasteiger partial charge in [0.2, 0.25) is 0 Å². The van der Waals surface area contributed by atoms with Gasteiger partial charge in [-0.2, -0.15) is 4.98 Å². The van der Waals surface area contributed by atoms with Gasteiger partial charge < -0.3 is 29.4 Å². The van der Waals surface area contributed by atoms with Crippen molar-refractivity contribution >= 4 is 31.4 Å². The summed E-state index contributed by atoms with van der Waals surface area (Å²) in [4.78, 5) is 26.6. The second kappa shape index (κ2) is 10.2. The standard InChI is InChI=1S/C21H23N4O6P/c22-19-8-10-25(21(28)24-19)20-17(27)12-15(30-20)13-29-32(23-9-11-26)31-18-7-3-5-14-4-1-2-6-16(14)18/h1-8,10-11,15,17,20,23,27H,9,12-13H2,(H2,22,24,28). The van der Waals surface area contributed by atoms with Gasteiger partial charge in [-0.1, -0.05) is 36.4 Å². The Balaban J connectivity index is 1.42. The molecule has 0 spiro atoms. The Labute approximate surface area is 184 Å². The van der Waals surface area contributed by atoms with Gasteiger partial charge in [-0.3, -0.25) is 4.57 Å². The summed E-state index contributed by atoms with van der Waals surface area (Å²) in [6, 6.07) is 14.9. The summed E-state index contributed by atoms with van der Waals surface area (Å²) < 4.78 is 18.9. The lowest BCUT2D eigenvalue weighted by Crippen LogP contribution is -2.31. The molecule has 1 fully saturated rings. The van der Waals surface area contributed by atoms with Crippen molar-refractivity contribution in [2.24, 2.45) is 0 Å². The van der Waals surface area contributed by atoms with Crippen molar-refractivity contribution in [2.75, 3.05) is 18.9 Å².